The molecule has 196 valence electrons. The molecular weight excluding hydrogens is 462 g/mol. The lowest BCUT2D eigenvalue weighted by molar-refractivity contribution is -0.0485. The Labute approximate surface area is 220 Å². The van der Waals surface area contributed by atoms with Crippen LogP contribution in [0.1, 0.15) is 79.0 Å². The number of hydrogen-bond acceptors (Lipinski definition) is 6. The summed E-state index contributed by atoms with van der Waals surface area (Å²) >= 11 is 0. The highest BCUT2D eigenvalue weighted by Crippen LogP contribution is 2.43. The number of nitrogens with zero attached hydrogens (tertiary/aromatic N) is 4. The van der Waals surface area contributed by atoms with Crippen molar-refractivity contribution in [3.8, 4) is 6.07 Å². The van der Waals surface area contributed by atoms with Gasteiger partial charge in [0.2, 0.25) is 5.78 Å². The molecule has 5 rings (SSSR count). The Kier molecular flexibility index (Phi) is 7.35. The Morgan fingerprint density at radius 2 is 1.92 bits per heavy atom. The first kappa shape index (κ1) is 25.8. The van der Waals surface area contributed by atoms with E-state index in [0.29, 0.717) is 11.1 Å². The van der Waals surface area contributed by atoms with Crippen LogP contribution in [0, 0.1) is 16.7 Å². The highest BCUT2D eigenvalue weighted by Gasteiger charge is 2.41. The minimum absolute atomic E-state index is 0.0337. The Bertz CT molecular complexity index is 1210. The molecule has 0 spiro atoms. The Balaban J connectivity index is 1.53. The lowest BCUT2D eigenvalue weighted by Gasteiger charge is -2.50. The molecule has 37 heavy (non-hydrogen) atoms. The molecule has 2 aliphatic heterocycles. The van der Waals surface area contributed by atoms with Crippen molar-refractivity contribution < 1.29 is 9.53 Å². The van der Waals surface area contributed by atoms with Gasteiger partial charge in [-0.1, -0.05) is 32.1 Å². The highest BCUT2D eigenvalue weighted by atomic mass is 16.5. The monoisotopic (exact) mass is 501 g/mol. The average Bonchev–Trinajstić information content (AvgIpc) is 3.40. The first-order chi connectivity index (χ1) is 17.8. The van der Waals surface area contributed by atoms with Crippen LogP contribution in [-0.4, -0.2) is 72.0 Å². The normalized spacial score (nSPS) is 22.3. The van der Waals surface area contributed by atoms with Crippen LogP contribution in [-0.2, 0) is 16.7 Å². The van der Waals surface area contributed by atoms with Gasteiger partial charge in [0.1, 0.15) is 11.8 Å². The number of allylic oxidation sites excluding steroid dienone is 2. The number of imidazole rings is 1. The molecule has 1 aliphatic carbocycles. The molecule has 1 aromatic carbocycles. The van der Waals surface area contributed by atoms with E-state index in [-0.39, 0.29) is 23.6 Å². The smallest absolute Gasteiger partial charge is 0.202 e. The maximum atomic E-state index is 13.2. The van der Waals surface area contributed by atoms with Crippen LogP contribution in [0.2, 0.25) is 0 Å². The van der Waals surface area contributed by atoms with E-state index in [1.165, 1.54) is 22.9 Å². The van der Waals surface area contributed by atoms with Crippen molar-refractivity contribution in [3.05, 3.63) is 58.7 Å². The van der Waals surface area contributed by atoms with Gasteiger partial charge in [0.05, 0.1) is 11.7 Å². The molecule has 0 saturated carbocycles. The second kappa shape index (κ2) is 10.5. The van der Waals surface area contributed by atoms with Crippen LogP contribution in [0.3, 0.4) is 0 Å². The molecule has 0 atom stereocenters. The van der Waals surface area contributed by atoms with Gasteiger partial charge in [-0.05, 0) is 72.9 Å². The summed E-state index contributed by atoms with van der Waals surface area (Å²) in [5, 5.41) is 9.12. The maximum Gasteiger partial charge on any atom is 0.202 e. The fourth-order valence-corrected chi connectivity index (χ4v) is 6.15. The summed E-state index contributed by atoms with van der Waals surface area (Å²) < 4.78 is 5.84. The topological polar surface area (TPSA) is 85.2 Å². The molecule has 3 aliphatic rings. The molecule has 2 fully saturated rings. The van der Waals surface area contributed by atoms with Crippen molar-refractivity contribution in [1.82, 2.24) is 19.8 Å². The zero-order chi connectivity index (χ0) is 26.0. The number of Topliss-reactive ketones (excluding diaryl/α,β-unsaturated/α-hetero) is 1. The number of aromatic nitrogens is 2. The van der Waals surface area contributed by atoms with E-state index in [2.05, 4.69) is 64.9 Å². The number of benzene rings is 1. The number of carbonyl (C=O) groups excluding carboxylic acids is 1. The number of rotatable bonds is 6. The Morgan fingerprint density at radius 1 is 1.16 bits per heavy atom. The molecule has 0 unspecified atom stereocenters. The largest absolute Gasteiger partial charge is 0.381 e. The van der Waals surface area contributed by atoms with Crippen LogP contribution in [0.4, 0.5) is 0 Å². The van der Waals surface area contributed by atoms with E-state index >= 15 is 0 Å². The summed E-state index contributed by atoms with van der Waals surface area (Å²) in [7, 11) is 2.20. The number of hydrogen-bond donors (Lipinski definition) is 1. The first-order valence-electron chi connectivity index (χ1n) is 13.6. The third-order valence-corrected chi connectivity index (χ3v) is 8.71. The summed E-state index contributed by atoms with van der Waals surface area (Å²) in [6.07, 6.45) is 9.26. The van der Waals surface area contributed by atoms with Gasteiger partial charge in [0.25, 0.3) is 0 Å². The number of ketones is 1. The standard InChI is InChI=1S/C30H39N5O2/c1-29(2)8-6-22(7-9-29)26-19-24(5-4-23(26)18-27(36)28-32-21-25(20-31)33-28)30(10-16-37-17-11-30)35-14-12-34(3)13-15-35/h4-6,19,21H,7-18H2,1-3H3,(H,32,33). The molecule has 2 saturated heterocycles. The predicted molar refractivity (Wildman–Crippen MR) is 144 cm³/mol. The van der Waals surface area contributed by atoms with Gasteiger partial charge in [-0.3, -0.25) is 9.69 Å². The van der Waals surface area contributed by atoms with Crippen LogP contribution >= 0.6 is 0 Å². The zero-order valence-corrected chi connectivity index (χ0v) is 22.5. The summed E-state index contributed by atoms with van der Waals surface area (Å²) in [5.41, 5.74) is 5.52. The Morgan fingerprint density at radius 3 is 2.57 bits per heavy atom. The van der Waals surface area contributed by atoms with Crippen LogP contribution in [0.25, 0.3) is 5.57 Å². The fraction of sp³-hybridized carbons (Fsp3) is 0.567. The van der Waals surface area contributed by atoms with E-state index in [1.54, 1.807) is 0 Å². The van der Waals surface area contributed by atoms with Gasteiger partial charge in [0, 0.05) is 45.8 Å². The second-order valence-corrected chi connectivity index (χ2v) is 11.8. The van der Waals surface area contributed by atoms with Crippen molar-refractivity contribution in [1.29, 1.82) is 5.26 Å². The quantitative estimate of drug-likeness (QED) is 0.585. The van der Waals surface area contributed by atoms with Gasteiger partial charge in [-0.2, -0.15) is 5.26 Å². The first-order valence-corrected chi connectivity index (χ1v) is 13.6. The number of carbonyl (C=O) groups is 1. The van der Waals surface area contributed by atoms with Crippen LogP contribution in [0.15, 0.2) is 30.5 Å². The highest BCUT2D eigenvalue weighted by molar-refractivity contribution is 5.95. The van der Waals surface area contributed by atoms with E-state index < -0.39 is 0 Å². The summed E-state index contributed by atoms with van der Waals surface area (Å²) in [4.78, 5) is 25.2. The molecule has 3 heterocycles. The number of H-pyrrole nitrogens is 1. The predicted octanol–water partition coefficient (Wildman–Crippen LogP) is 4.55. The average molecular weight is 502 g/mol. The van der Waals surface area contributed by atoms with Crippen molar-refractivity contribution >= 4 is 11.4 Å². The summed E-state index contributed by atoms with van der Waals surface area (Å²) in [6, 6.07) is 8.84. The van der Waals surface area contributed by atoms with Crippen molar-refractivity contribution in [2.45, 2.75) is 57.9 Å². The summed E-state index contributed by atoms with van der Waals surface area (Å²) in [5.74, 6) is 0.163. The van der Waals surface area contributed by atoms with Gasteiger partial charge in [-0.15, -0.1) is 0 Å². The van der Waals surface area contributed by atoms with Gasteiger partial charge < -0.3 is 14.6 Å². The Hall–Kier alpha value is -2.79. The number of nitrogens with one attached hydrogen (secondary N) is 1. The third kappa shape index (κ3) is 5.43. The van der Waals surface area contributed by atoms with Crippen LogP contribution < -0.4 is 0 Å². The van der Waals surface area contributed by atoms with Crippen molar-refractivity contribution in [2.24, 2.45) is 5.41 Å². The molecule has 1 aromatic heterocycles. The van der Waals surface area contributed by atoms with Gasteiger partial charge >= 0.3 is 0 Å². The van der Waals surface area contributed by atoms with E-state index in [1.807, 2.05) is 6.07 Å². The third-order valence-electron chi connectivity index (χ3n) is 8.71. The maximum absolute atomic E-state index is 13.2. The van der Waals surface area contributed by atoms with Crippen molar-refractivity contribution in [3.63, 3.8) is 0 Å². The minimum atomic E-state index is -0.0907. The molecule has 0 amide bonds. The van der Waals surface area contributed by atoms with Gasteiger partial charge in [-0.25, -0.2) is 4.98 Å². The summed E-state index contributed by atoms with van der Waals surface area (Å²) in [6.45, 7) is 10.5. The minimum Gasteiger partial charge on any atom is -0.381 e. The van der Waals surface area contributed by atoms with E-state index in [0.717, 1.165) is 77.1 Å². The molecule has 7 nitrogen and oxygen atoms in total. The number of ether oxygens (including phenoxy) is 1. The van der Waals surface area contributed by atoms with Crippen LogP contribution in [0.5, 0.6) is 0 Å². The SMILES string of the molecule is CN1CCN(C2(c3ccc(CC(=O)c4ncc(C#N)[nH]4)c(C4=CCC(C)(C)CC4)c3)CCOCC2)CC1. The number of nitriles is 1. The fourth-order valence-electron chi connectivity index (χ4n) is 6.15. The molecule has 2 aromatic rings. The molecular formula is C30H39N5O2. The van der Waals surface area contributed by atoms with E-state index in [9.17, 15) is 4.79 Å². The second-order valence-electron chi connectivity index (χ2n) is 11.8. The number of aromatic amines is 1. The number of likely N-dealkylation sites (N-methyl/N-ethyl adjacent to an activating group) is 1. The molecule has 7 heteroatoms. The van der Waals surface area contributed by atoms with E-state index in [4.69, 9.17) is 10.00 Å². The lowest BCUT2D eigenvalue weighted by Crippen LogP contribution is -2.56. The molecule has 0 radical (unpaired) electrons. The zero-order valence-electron chi connectivity index (χ0n) is 22.5. The van der Waals surface area contributed by atoms with Crippen molar-refractivity contribution in [2.75, 3.05) is 46.4 Å². The lowest BCUT2D eigenvalue weighted by atomic mass is 9.74. The van der Waals surface area contributed by atoms with Gasteiger partial charge in [0.15, 0.2) is 5.82 Å². The number of piperazine rings is 1. The molecule has 1 N–H and O–H groups in total. The molecule has 0 bridgehead atoms.